The molecule has 0 radical (unpaired) electrons. The number of carbonyl (C=O) groups is 3. The van der Waals surface area contributed by atoms with Gasteiger partial charge in [-0.2, -0.15) is 0 Å². The van der Waals surface area contributed by atoms with Crippen molar-refractivity contribution in [3.05, 3.63) is 101 Å². The molecule has 2 aliphatic rings. The molecular weight excluding hydrogens is 450 g/mol. The lowest BCUT2D eigenvalue weighted by molar-refractivity contribution is -0.122. The first-order valence-corrected chi connectivity index (χ1v) is 12.7. The lowest BCUT2D eigenvalue weighted by Gasteiger charge is -2.26. The Morgan fingerprint density at radius 3 is 2.39 bits per heavy atom. The topological polar surface area (TPSA) is 69.7 Å². The normalized spacial score (nSPS) is 17.9. The highest BCUT2D eigenvalue weighted by Crippen LogP contribution is 2.33. The van der Waals surface area contributed by atoms with Crippen molar-refractivity contribution in [3.63, 3.8) is 0 Å². The third-order valence-corrected chi connectivity index (χ3v) is 7.28. The van der Waals surface area contributed by atoms with E-state index < -0.39 is 6.04 Å². The minimum absolute atomic E-state index is 0.0458. The number of benzene rings is 3. The second-order valence-electron chi connectivity index (χ2n) is 9.59. The van der Waals surface area contributed by atoms with Crippen LogP contribution in [0.25, 0.3) is 0 Å². The number of aryl methyl sites for hydroxylation is 1. The van der Waals surface area contributed by atoms with Gasteiger partial charge in [0.1, 0.15) is 6.04 Å². The first-order chi connectivity index (χ1) is 17.5. The number of anilines is 1. The Labute approximate surface area is 211 Å². The van der Waals surface area contributed by atoms with Gasteiger partial charge in [0, 0.05) is 12.1 Å². The van der Waals surface area contributed by atoms with Gasteiger partial charge in [-0.15, -0.1) is 0 Å². The fourth-order valence-corrected chi connectivity index (χ4v) is 5.12. The summed E-state index contributed by atoms with van der Waals surface area (Å²) in [6, 6.07) is 22.4. The molecule has 0 saturated carbocycles. The SMILES string of the molecule is CCc1ccc([C@@H](C)NC(=O)c2ccc(CN3C(=O)[C@H]4CCCN4C(=O)c4ccccc43)cc2)cc1. The zero-order valence-corrected chi connectivity index (χ0v) is 20.7. The minimum Gasteiger partial charge on any atom is -0.346 e. The highest BCUT2D eigenvalue weighted by molar-refractivity contribution is 6.11. The predicted molar refractivity (Wildman–Crippen MR) is 140 cm³/mol. The van der Waals surface area contributed by atoms with Crippen LogP contribution >= 0.6 is 0 Å². The van der Waals surface area contributed by atoms with Crippen molar-refractivity contribution in [2.45, 2.75) is 51.7 Å². The van der Waals surface area contributed by atoms with E-state index in [1.165, 1.54) is 5.56 Å². The molecule has 6 nitrogen and oxygen atoms in total. The molecule has 2 aliphatic heterocycles. The third-order valence-electron chi connectivity index (χ3n) is 7.28. The van der Waals surface area contributed by atoms with E-state index in [1.54, 1.807) is 28.0 Å². The second kappa shape index (κ2) is 9.97. The molecule has 36 heavy (non-hydrogen) atoms. The van der Waals surface area contributed by atoms with Crippen LogP contribution in [0.5, 0.6) is 0 Å². The molecule has 0 aromatic heterocycles. The standard InChI is InChI=1S/C30H31N3O3/c1-3-21-10-14-23(15-11-21)20(2)31-28(34)24-16-12-22(13-17-24)19-33-26-8-5-4-7-25(26)29(35)32-18-6-9-27(32)30(33)36/h4-5,7-8,10-17,20,27H,3,6,9,18-19H2,1-2H3,(H,31,34)/t20-,27-/m1/s1. The van der Waals surface area contributed by atoms with Gasteiger partial charge in [-0.1, -0.05) is 55.5 Å². The number of nitrogens with zero attached hydrogens (tertiary/aromatic N) is 2. The summed E-state index contributed by atoms with van der Waals surface area (Å²) in [6.07, 6.45) is 2.51. The van der Waals surface area contributed by atoms with Crippen molar-refractivity contribution in [1.82, 2.24) is 10.2 Å². The van der Waals surface area contributed by atoms with Crippen LogP contribution in [0.1, 0.15) is 70.1 Å². The van der Waals surface area contributed by atoms with Gasteiger partial charge in [0.15, 0.2) is 0 Å². The van der Waals surface area contributed by atoms with E-state index in [0.29, 0.717) is 36.3 Å². The Morgan fingerprint density at radius 2 is 1.67 bits per heavy atom. The molecule has 3 aromatic carbocycles. The van der Waals surface area contributed by atoms with Gasteiger partial charge < -0.3 is 15.1 Å². The summed E-state index contributed by atoms with van der Waals surface area (Å²) in [5, 5.41) is 3.06. The maximum atomic E-state index is 13.5. The fraction of sp³-hybridized carbons (Fsp3) is 0.300. The van der Waals surface area contributed by atoms with Crippen LogP contribution < -0.4 is 10.2 Å². The van der Waals surface area contributed by atoms with E-state index in [1.807, 2.05) is 37.3 Å². The summed E-state index contributed by atoms with van der Waals surface area (Å²) in [7, 11) is 0. The number of para-hydroxylation sites is 1. The van der Waals surface area contributed by atoms with E-state index in [0.717, 1.165) is 24.0 Å². The van der Waals surface area contributed by atoms with E-state index in [2.05, 4.69) is 36.5 Å². The number of amides is 3. The zero-order chi connectivity index (χ0) is 25.2. The molecule has 0 aliphatic carbocycles. The number of nitrogens with one attached hydrogen (secondary N) is 1. The Balaban J connectivity index is 1.32. The van der Waals surface area contributed by atoms with Gasteiger partial charge in [0.25, 0.3) is 11.8 Å². The van der Waals surface area contributed by atoms with E-state index >= 15 is 0 Å². The number of carbonyl (C=O) groups excluding carboxylic acids is 3. The van der Waals surface area contributed by atoms with Crippen LogP contribution in [0.15, 0.2) is 72.8 Å². The molecule has 1 N–H and O–H groups in total. The van der Waals surface area contributed by atoms with Crippen LogP contribution in [-0.2, 0) is 17.8 Å². The van der Waals surface area contributed by atoms with Gasteiger partial charge >= 0.3 is 0 Å². The zero-order valence-electron chi connectivity index (χ0n) is 20.7. The molecule has 1 saturated heterocycles. The van der Waals surface area contributed by atoms with Gasteiger partial charge in [-0.3, -0.25) is 14.4 Å². The van der Waals surface area contributed by atoms with Crippen LogP contribution in [0.3, 0.4) is 0 Å². The predicted octanol–water partition coefficient (Wildman–Crippen LogP) is 4.89. The van der Waals surface area contributed by atoms with Crippen LogP contribution in [0.2, 0.25) is 0 Å². The van der Waals surface area contributed by atoms with Crippen molar-refractivity contribution >= 4 is 23.4 Å². The highest BCUT2D eigenvalue weighted by Gasteiger charge is 2.41. The average Bonchev–Trinajstić information content (AvgIpc) is 3.39. The summed E-state index contributed by atoms with van der Waals surface area (Å²) in [6.45, 7) is 5.05. The van der Waals surface area contributed by atoms with Crippen LogP contribution in [0.4, 0.5) is 5.69 Å². The molecule has 2 atom stereocenters. The van der Waals surface area contributed by atoms with E-state index in [9.17, 15) is 14.4 Å². The largest absolute Gasteiger partial charge is 0.346 e. The first-order valence-electron chi connectivity index (χ1n) is 12.7. The van der Waals surface area contributed by atoms with Crippen molar-refractivity contribution in [1.29, 1.82) is 0 Å². The maximum Gasteiger partial charge on any atom is 0.256 e. The number of hydrogen-bond acceptors (Lipinski definition) is 3. The molecule has 5 rings (SSSR count). The monoisotopic (exact) mass is 481 g/mol. The van der Waals surface area contributed by atoms with E-state index in [-0.39, 0.29) is 23.8 Å². The Hall–Kier alpha value is -3.93. The molecule has 2 heterocycles. The summed E-state index contributed by atoms with van der Waals surface area (Å²) in [5.74, 6) is -0.262. The van der Waals surface area contributed by atoms with Crippen molar-refractivity contribution in [2.24, 2.45) is 0 Å². The molecule has 1 fully saturated rings. The molecule has 0 unspecified atom stereocenters. The van der Waals surface area contributed by atoms with Crippen LogP contribution in [-0.4, -0.2) is 35.2 Å². The van der Waals surface area contributed by atoms with Crippen molar-refractivity contribution in [2.75, 3.05) is 11.4 Å². The number of fused-ring (bicyclic) bond motifs is 2. The molecule has 0 spiro atoms. The average molecular weight is 482 g/mol. The molecule has 184 valence electrons. The Morgan fingerprint density at radius 1 is 0.972 bits per heavy atom. The lowest BCUT2D eigenvalue weighted by atomic mass is 10.0. The summed E-state index contributed by atoms with van der Waals surface area (Å²) in [4.78, 5) is 42.9. The fourth-order valence-electron chi connectivity index (χ4n) is 5.12. The smallest absolute Gasteiger partial charge is 0.256 e. The summed E-state index contributed by atoms with van der Waals surface area (Å²) >= 11 is 0. The van der Waals surface area contributed by atoms with E-state index in [4.69, 9.17) is 0 Å². The van der Waals surface area contributed by atoms with Gasteiger partial charge in [0.05, 0.1) is 23.8 Å². The van der Waals surface area contributed by atoms with Gasteiger partial charge in [0.2, 0.25) is 5.91 Å². The lowest BCUT2D eigenvalue weighted by Crippen LogP contribution is -2.44. The summed E-state index contributed by atoms with van der Waals surface area (Å²) < 4.78 is 0. The minimum atomic E-state index is -0.414. The van der Waals surface area contributed by atoms with Gasteiger partial charge in [-0.25, -0.2) is 0 Å². The number of hydrogen-bond donors (Lipinski definition) is 1. The van der Waals surface area contributed by atoms with Crippen molar-refractivity contribution < 1.29 is 14.4 Å². The Bertz CT molecular complexity index is 1280. The first kappa shape index (κ1) is 23.8. The van der Waals surface area contributed by atoms with Crippen LogP contribution in [0, 0.1) is 0 Å². The maximum absolute atomic E-state index is 13.5. The molecule has 3 aromatic rings. The third kappa shape index (κ3) is 4.51. The molecule has 3 amide bonds. The molecular formula is C30H31N3O3. The molecule has 0 bridgehead atoms. The quantitative estimate of drug-likeness (QED) is 0.545. The Kier molecular flexibility index (Phi) is 6.59. The number of rotatable bonds is 6. The van der Waals surface area contributed by atoms with Crippen molar-refractivity contribution in [3.8, 4) is 0 Å². The highest BCUT2D eigenvalue weighted by atomic mass is 16.2. The molecule has 6 heteroatoms. The van der Waals surface area contributed by atoms with Gasteiger partial charge in [-0.05, 0) is 67.1 Å². The second-order valence-corrected chi connectivity index (χ2v) is 9.59. The summed E-state index contributed by atoms with van der Waals surface area (Å²) in [5.41, 5.74) is 5.00.